The number of anilines is 1. The van der Waals surface area contributed by atoms with E-state index in [1.165, 1.54) is 31.9 Å². The van der Waals surface area contributed by atoms with Crippen LogP contribution >= 0.6 is 11.6 Å². The standard InChI is InChI=1S/C14H23ClN4O2/c1-18(11-4-2-3-5-11)7-6-16-12-10-17-19(8-9-20)14(21)13(12)15/h10-11,16,20H,2-9H2,1H3. The molecule has 1 aromatic rings. The van der Waals surface area contributed by atoms with Crippen molar-refractivity contribution in [2.75, 3.05) is 32.1 Å². The van der Waals surface area contributed by atoms with Crippen molar-refractivity contribution in [2.24, 2.45) is 0 Å². The van der Waals surface area contributed by atoms with Gasteiger partial charge in [-0.3, -0.25) is 4.79 Å². The van der Waals surface area contributed by atoms with Crippen LogP contribution in [0.1, 0.15) is 25.7 Å². The molecule has 0 aromatic carbocycles. The van der Waals surface area contributed by atoms with E-state index in [0.29, 0.717) is 11.7 Å². The summed E-state index contributed by atoms with van der Waals surface area (Å²) in [5.41, 5.74) is 0.176. The smallest absolute Gasteiger partial charge is 0.287 e. The summed E-state index contributed by atoms with van der Waals surface area (Å²) in [4.78, 5) is 14.2. The van der Waals surface area contributed by atoms with Crippen molar-refractivity contribution >= 4 is 17.3 Å². The maximum Gasteiger partial charge on any atom is 0.287 e. The molecule has 118 valence electrons. The molecule has 0 bridgehead atoms. The Morgan fingerprint density at radius 1 is 1.52 bits per heavy atom. The molecule has 0 amide bonds. The Balaban J connectivity index is 1.88. The zero-order valence-electron chi connectivity index (χ0n) is 12.4. The van der Waals surface area contributed by atoms with Crippen molar-refractivity contribution in [3.05, 3.63) is 21.6 Å². The van der Waals surface area contributed by atoms with Crippen LogP contribution in [0, 0.1) is 0 Å². The molecular formula is C14H23ClN4O2. The molecule has 7 heteroatoms. The third kappa shape index (κ3) is 4.18. The van der Waals surface area contributed by atoms with Gasteiger partial charge in [0.2, 0.25) is 0 Å². The van der Waals surface area contributed by atoms with Gasteiger partial charge in [0.1, 0.15) is 5.02 Å². The first-order valence-corrected chi connectivity index (χ1v) is 7.82. The highest BCUT2D eigenvalue weighted by molar-refractivity contribution is 6.32. The molecule has 2 N–H and O–H groups in total. The third-order valence-electron chi connectivity index (χ3n) is 4.02. The molecule has 1 saturated carbocycles. The Morgan fingerprint density at radius 3 is 2.90 bits per heavy atom. The molecule has 0 aliphatic heterocycles. The van der Waals surface area contributed by atoms with Gasteiger partial charge in [-0.2, -0.15) is 5.10 Å². The minimum atomic E-state index is -0.375. The number of likely N-dealkylation sites (N-methyl/N-ethyl adjacent to an activating group) is 1. The second-order valence-electron chi connectivity index (χ2n) is 5.47. The number of hydrogen-bond donors (Lipinski definition) is 2. The molecule has 0 atom stereocenters. The normalized spacial score (nSPS) is 15.8. The molecule has 1 aliphatic carbocycles. The Labute approximate surface area is 129 Å². The van der Waals surface area contributed by atoms with Crippen molar-refractivity contribution in [3.8, 4) is 0 Å². The summed E-state index contributed by atoms with van der Waals surface area (Å²) in [5.74, 6) is 0. The van der Waals surface area contributed by atoms with E-state index in [0.717, 1.165) is 17.8 Å². The summed E-state index contributed by atoms with van der Waals surface area (Å²) in [6.45, 7) is 1.64. The van der Waals surface area contributed by atoms with Gasteiger partial charge in [-0.1, -0.05) is 24.4 Å². The van der Waals surface area contributed by atoms with Crippen LogP contribution in [0.3, 0.4) is 0 Å². The van der Waals surface area contributed by atoms with Gasteiger partial charge in [0, 0.05) is 19.1 Å². The zero-order chi connectivity index (χ0) is 15.2. The number of halogens is 1. The first kappa shape index (κ1) is 16.3. The Morgan fingerprint density at radius 2 is 2.24 bits per heavy atom. The van der Waals surface area contributed by atoms with E-state index < -0.39 is 0 Å². The lowest BCUT2D eigenvalue weighted by Crippen LogP contribution is -2.33. The second kappa shape index (κ2) is 7.77. The second-order valence-corrected chi connectivity index (χ2v) is 5.85. The van der Waals surface area contributed by atoms with Crippen molar-refractivity contribution in [3.63, 3.8) is 0 Å². The van der Waals surface area contributed by atoms with E-state index in [1.54, 1.807) is 0 Å². The molecule has 0 spiro atoms. The van der Waals surface area contributed by atoms with Crippen LogP contribution in [0.5, 0.6) is 0 Å². The van der Waals surface area contributed by atoms with Crippen LogP contribution in [0.25, 0.3) is 0 Å². The summed E-state index contributed by atoms with van der Waals surface area (Å²) in [6, 6.07) is 0.679. The Hall–Kier alpha value is -1.11. The number of aromatic nitrogens is 2. The fourth-order valence-electron chi connectivity index (χ4n) is 2.74. The summed E-state index contributed by atoms with van der Waals surface area (Å²) in [7, 11) is 2.14. The van der Waals surface area contributed by atoms with Gasteiger partial charge in [-0.05, 0) is 19.9 Å². The quantitative estimate of drug-likeness (QED) is 0.791. The van der Waals surface area contributed by atoms with E-state index in [4.69, 9.17) is 16.7 Å². The van der Waals surface area contributed by atoms with E-state index in [9.17, 15) is 4.79 Å². The molecule has 2 rings (SSSR count). The van der Waals surface area contributed by atoms with Crippen LogP contribution in [-0.4, -0.2) is 52.6 Å². The molecule has 1 heterocycles. The average Bonchev–Trinajstić information content (AvgIpc) is 3.00. The molecule has 0 saturated heterocycles. The maximum atomic E-state index is 11.9. The maximum absolute atomic E-state index is 11.9. The van der Waals surface area contributed by atoms with Crippen molar-refractivity contribution < 1.29 is 5.11 Å². The number of aliphatic hydroxyl groups is 1. The summed E-state index contributed by atoms with van der Waals surface area (Å²) >= 11 is 6.05. The third-order valence-corrected chi connectivity index (χ3v) is 4.39. The number of aliphatic hydroxyl groups excluding tert-OH is 1. The fraction of sp³-hybridized carbons (Fsp3) is 0.714. The van der Waals surface area contributed by atoms with Gasteiger partial charge >= 0.3 is 0 Å². The first-order chi connectivity index (χ1) is 10.1. The van der Waals surface area contributed by atoms with E-state index in [2.05, 4.69) is 22.4 Å². The topological polar surface area (TPSA) is 70.4 Å². The van der Waals surface area contributed by atoms with Crippen LogP contribution < -0.4 is 10.9 Å². The molecular weight excluding hydrogens is 292 g/mol. The molecule has 6 nitrogen and oxygen atoms in total. The van der Waals surface area contributed by atoms with Gasteiger partial charge in [0.15, 0.2) is 0 Å². The van der Waals surface area contributed by atoms with Crippen molar-refractivity contribution in [2.45, 2.75) is 38.3 Å². The van der Waals surface area contributed by atoms with Crippen LogP contribution in [0.4, 0.5) is 5.69 Å². The van der Waals surface area contributed by atoms with Crippen molar-refractivity contribution in [1.82, 2.24) is 14.7 Å². The monoisotopic (exact) mass is 314 g/mol. The summed E-state index contributed by atoms with van der Waals surface area (Å²) < 4.78 is 1.16. The number of nitrogens with zero attached hydrogens (tertiary/aromatic N) is 3. The molecule has 21 heavy (non-hydrogen) atoms. The molecule has 1 aliphatic rings. The average molecular weight is 315 g/mol. The van der Waals surface area contributed by atoms with Gasteiger partial charge in [-0.15, -0.1) is 0 Å². The van der Waals surface area contributed by atoms with E-state index in [1.807, 2.05) is 0 Å². The summed E-state index contributed by atoms with van der Waals surface area (Å²) in [5, 5.41) is 16.1. The van der Waals surface area contributed by atoms with E-state index in [-0.39, 0.29) is 23.7 Å². The Kier molecular flexibility index (Phi) is 6.02. The number of nitrogens with one attached hydrogen (secondary N) is 1. The highest BCUT2D eigenvalue weighted by atomic mass is 35.5. The first-order valence-electron chi connectivity index (χ1n) is 7.44. The van der Waals surface area contributed by atoms with Crippen LogP contribution in [-0.2, 0) is 6.54 Å². The van der Waals surface area contributed by atoms with E-state index >= 15 is 0 Å². The van der Waals surface area contributed by atoms with Gasteiger partial charge in [0.25, 0.3) is 5.56 Å². The predicted octanol–water partition coefficient (Wildman–Crippen LogP) is 1.18. The number of hydrogen-bond acceptors (Lipinski definition) is 5. The van der Waals surface area contributed by atoms with Crippen LogP contribution in [0.15, 0.2) is 11.0 Å². The lowest BCUT2D eigenvalue weighted by atomic mass is 10.2. The lowest BCUT2D eigenvalue weighted by molar-refractivity contribution is 0.254. The Bertz CT molecular complexity index is 514. The highest BCUT2D eigenvalue weighted by Crippen LogP contribution is 2.22. The van der Waals surface area contributed by atoms with Crippen molar-refractivity contribution in [1.29, 1.82) is 0 Å². The minimum absolute atomic E-state index is 0.127. The van der Waals surface area contributed by atoms with Gasteiger partial charge < -0.3 is 15.3 Å². The molecule has 1 aromatic heterocycles. The minimum Gasteiger partial charge on any atom is -0.394 e. The zero-order valence-corrected chi connectivity index (χ0v) is 13.1. The lowest BCUT2D eigenvalue weighted by Gasteiger charge is -2.24. The molecule has 1 fully saturated rings. The highest BCUT2D eigenvalue weighted by Gasteiger charge is 2.19. The summed E-state index contributed by atoms with van der Waals surface area (Å²) in [6.07, 6.45) is 6.73. The molecule has 0 unspecified atom stereocenters. The SMILES string of the molecule is CN(CCNc1cnn(CCO)c(=O)c1Cl)C1CCCC1. The molecule has 0 radical (unpaired) electrons. The van der Waals surface area contributed by atoms with Crippen LogP contribution in [0.2, 0.25) is 5.02 Å². The fourth-order valence-corrected chi connectivity index (χ4v) is 2.95. The van der Waals surface area contributed by atoms with Gasteiger partial charge in [-0.25, -0.2) is 4.68 Å². The van der Waals surface area contributed by atoms with Gasteiger partial charge in [0.05, 0.1) is 25.0 Å². The predicted molar refractivity (Wildman–Crippen MR) is 84.0 cm³/mol. The largest absolute Gasteiger partial charge is 0.394 e. The number of rotatable bonds is 7.